The number of benzene rings is 1. The normalized spacial score (nSPS) is 23.5. The number of hydrogen-bond acceptors (Lipinski definition) is 3. The molecule has 2 aliphatic heterocycles. The van der Waals surface area contributed by atoms with Crippen molar-refractivity contribution >= 4 is 5.91 Å². The molecular formula is C16H22FN3O. The van der Waals surface area contributed by atoms with Gasteiger partial charge >= 0.3 is 0 Å². The molecule has 0 radical (unpaired) electrons. The number of nitrogens with zero attached hydrogens (tertiary/aromatic N) is 2. The number of carbonyl (C=O) groups is 1. The van der Waals surface area contributed by atoms with Gasteiger partial charge in [0.15, 0.2) is 0 Å². The molecule has 0 bridgehead atoms. The largest absolute Gasteiger partial charge is 0.336 e. The molecule has 1 amide bonds. The average Bonchev–Trinajstić information content (AvgIpc) is 3.03. The maximum atomic E-state index is 13.8. The molecule has 1 aromatic rings. The van der Waals surface area contributed by atoms with Crippen LogP contribution in [-0.4, -0.2) is 61.0 Å². The van der Waals surface area contributed by atoms with Crippen LogP contribution in [0.5, 0.6) is 0 Å². The van der Waals surface area contributed by atoms with Gasteiger partial charge < -0.3 is 10.2 Å². The monoisotopic (exact) mass is 291 g/mol. The Balaban J connectivity index is 1.63. The maximum Gasteiger partial charge on any atom is 0.256 e. The summed E-state index contributed by atoms with van der Waals surface area (Å²) in [5, 5.41) is 3.37. The predicted octanol–water partition coefficient (Wildman–Crippen LogP) is 1.25. The zero-order valence-corrected chi connectivity index (χ0v) is 12.4. The highest BCUT2D eigenvalue weighted by Crippen LogP contribution is 2.16. The molecule has 4 nitrogen and oxygen atoms in total. The fourth-order valence-electron chi connectivity index (χ4n) is 3.21. The van der Waals surface area contributed by atoms with Crippen molar-refractivity contribution in [3.05, 3.63) is 35.1 Å². The molecule has 1 atom stereocenters. The van der Waals surface area contributed by atoms with Gasteiger partial charge in [0.1, 0.15) is 5.82 Å². The van der Waals surface area contributed by atoms with Crippen molar-refractivity contribution in [2.45, 2.75) is 19.4 Å². The second kappa shape index (κ2) is 6.12. The number of piperazine rings is 1. The third kappa shape index (κ3) is 3.09. The van der Waals surface area contributed by atoms with Crippen LogP contribution in [0.25, 0.3) is 0 Å². The summed E-state index contributed by atoms with van der Waals surface area (Å²) in [5.74, 6) is -0.603. The number of carbonyl (C=O) groups excluding carboxylic acids is 1. The van der Waals surface area contributed by atoms with Crippen molar-refractivity contribution in [2.24, 2.45) is 0 Å². The van der Waals surface area contributed by atoms with E-state index in [9.17, 15) is 9.18 Å². The lowest BCUT2D eigenvalue weighted by Gasteiger charge is -2.37. The van der Waals surface area contributed by atoms with Crippen LogP contribution in [0.4, 0.5) is 4.39 Å². The minimum Gasteiger partial charge on any atom is -0.336 e. The summed E-state index contributed by atoms with van der Waals surface area (Å²) in [5.41, 5.74) is 1.11. The number of hydrogen-bond donors (Lipinski definition) is 1. The lowest BCUT2D eigenvalue weighted by Crippen LogP contribution is -2.52. The number of nitrogens with one attached hydrogen (secondary N) is 1. The molecule has 114 valence electrons. The third-order valence-corrected chi connectivity index (χ3v) is 4.50. The van der Waals surface area contributed by atoms with Crippen LogP contribution < -0.4 is 5.32 Å². The highest BCUT2D eigenvalue weighted by molar-refractivity contribution is 5.94. The Kier molecular flexibility index (Phi) is 4.22. The first kappa shape index (κ1) is 14.5. The van der Waals surface area contributed by atoms with E-state index < -0.39 is 5.82 Å². The molecule has 0 aliphatic carbocycles. The lowest BCUT2D eigenvalue weighted by atomic mass is 10.1. The summed E-state index contributed by atoms with van der Waals surface area (Å²) in [6.07, 6.45) is 1.18. The standard InChI is InChI=1S/C16H22FN3O/c1-12-2-3-15(17)14(10-12)16(21)20-8-6-19(7-9-20)13-4-5-18-11-13/h2-3,10,13,18H,4-9,11H2,1H3. The van der Waals surface area contributed by atoms with Gasteiger partial charge in [0.05, 0.1) is 5.56 Å². The van der Waals surface area contributed by atoms with E-state index in [-0.39, 0.29) is 11.5 Å². The smallest absolute Gasteiger partial charge is 0.256 e. The van der Waals surface area contributed by atoms with E-state index in [0.29, 0.717) is 19.1 Å². The second-order valence-electron chi connectivity index (χ2n) is 5.96. The third-order valence-electron chi connectivity index (χ3n) is 4.50. The molecule has 3 rings (SSSR count). The fourth-order valence-corrected chi connectivity index (χ4v) is 3.21. The van der Waals surface area contributed by atoms with E-state index in [1.807, 2.05) is 6.92 Å². The van der Waals surface area contributed by atoms with Crippen molar-refractivity contribution in [1.82, 2.24) is 15.1 Å². The molecule has 2 saturated heterocycles. The van der Waals surface area contributed by atoms with Gasteiger partial charge in [-0.3, -0.25) is 9.69 Å². The molecule has 21 heavy (non-hydrogen) atoms. The summed E-state index contributed by atoms with van der Waals surface area (Å²) >= 11 is 0. The van der Waals surface area contributed by atoms with Crippen LogP contribution in [0.2, 0.25) is 0 Å². The molecule has 0 saturated carbocycles. The highest BCUT2D eigenvalue weighted by Gasteiger charge is 2.28. The van der Waals surface area contributed by atoms with Gasteiger partial charge in [0.2, 0.25) is 0 Å². The molecule has 2 aliphatic rings. The van der Waals surface area contributed by atoms with Crippen molar-refractivity contribution in [2.75, 3.05) is 39.3 Å². The number of rotatable bonds is 2. The predicted molar refractivity (Wildman–Crippen MR) is 79.9 cm³/mol. The van der Waals surface area contributed by atoms with Crippen LogP contribution in [0.15, 0.2) is 18.2 Å². The minimum absolute atomic E-state index is 0.180. The molecule has 1 aromatic carbocycles. The molecule has 2 heterocycles. The van der Waals surface area contributed by atoms with Crippen molar-refractivity contribution in [3.8, 4) is 0 Å². The summed E-state index contributed by atoms with van der Waals surface area (Å²) < 4.78 is 13.8. The van der Waals surface area contributed by atoms with E-state index in [2.05, 4.69) is 10.2 Å². The van der Waals surface area contributed by atoms with Crippen LogP contribution in [0.1, 0.15) is 22.3 Å². The molecular weight excluding hydrogens is 269 g/mol. The van der Waals surface area contributed by atoms with Gasteiger partial charge in [-0.15, -0.1) is 0 Å². The first-order valence-corrected chi connectivity index (χ1v) is 7.65. The second-order valence-corrected chi connectivity index (χ2v) is 5.96. The Morgan fingerprint density at radius 3 is 2.71 bits per heavy atom. The number of aryl methyl sites for hydroxylation is 1. The topological polar surface area (TPSA) is 35.6 Å². The number of amides is 1. The van der Waals surface area contributed by atoms with Gasteiger partial charge in [0, 0.05) is 38.8 Å². The van der Waals surface area contributed by atoms with Crippen molar-refractivity contribution in [3.63, 3.8) is 0 Å². The summed E-state index contributed by atoms with van der Waals surface area (Å²) in [6, 6.07) is 5.31. The van der Waals surface area contributed by atoms with E-state index in [1.165, 1.54) is 12.5 Å². The van der Waals surface area contributed by atoms with E-state index in [4.69, 9.17) is 0 Å². The zero-order chi connectivity index (χ0) is 14.8. The van der Waals surface area contributed by atoms with Crippen LogP contribution in [0.3, 0.4) is 0 Å². The Labute approximate surface area is 124 Å². The summed E-state index contributed by atoms with van der Waals surface area (Å²) in [4.78, 5) is 16.7. The number of halogens is 1. The SMILES string of the molecule is Cc1ccc(F)c(C(=O)N2CCN(C3CCNC3)CC2)c1. The van der Waals surface area contributed by atoms with E-state index >= 15 is 0 Å². The van der Waals surface area contributed by atoms with E-state index in [0.717, 1.165) is 31.7 Å². The Bertz CT molecular complexity index is 520. The van der Waals surface area contributed by atoms with Gasteiger partial charge in [-0.25, -0.2) is 4.39 Å². The van der Waals surface area contributed by atoms with Gasteiger partial charge in [-0.2, -0.15) is 0 Å². The highest BCUT2D eigenvalue weighted by atomic mass is 19.1. The first-order chi connectivity index (χ1) is 10.1. The van der Waals surface area contributed by atoms with Crippen molar-refractivity contribution in [1.29, 1.82) is 0 Å². The molecule has 1 N–H and O–H groups in total. The van der Waals surface area contributed by atoms with Crippen LogP contribution in [-0.2, 0) is 0 Å². The summed E-state index contributed by atoms with van der Waals surface area (Å²) in [7, 11) is 0. The summed E-state index contributed by atoms with van der Waals surface area (Å²) in [6.45, 7) is 7.13. The minimum atomic E-state index is -0.423. The molecule has 0 spiro atoms. The van der Waals surface area contributed by atoms with Gasteiger partial charge in [-0.05, 0) is 32.0 Å². The average molecular weight is 291 g/mol. The quantitative estimate of drug-likeness (QED) is 0.891. The van der Waals surface area contributed by atoms with Crippen molar-refractivity contribution < 1.29 is 9.18 Å². The first-order valence-electron chi connectivity index (χ1n) is 7.65. The molecule has 2 fully saturated rings. The van der Waals surface area contributed by atoms with Crippen LogP contribution in [0, 0.1) is 12.7 Å². The Morgan fingerprint density at radius 1 is 1.29 bits per heavy atom. The van der Waals surface area contributed by atoms with Crippen LogP contribution >= 0.6 is 0 Å². The fraction of sp³-hybridized carbons (Fsp3) is 0.562. The molecule has 5 heteroatoms. The Morgan fingerprint density at radius 2 is 2.05 bits per heavy atom. The maximum absolute atomic E-state index is 13.8. The molecule has 1 unspecified atom stereocenters. The molecule has 0 aromatic heterocycles. The lowest BCUT2D eigenvalue weighted by molar-refractivity contribution is 0.0579. The Hall–Kier alpha value is -1.46. The zero-order valence-electron chi connectivity index (χ0n) is 12.4. The van der Waals surface area contributed by atoms with Gasteiger partial charge in [0.25, 0.3) is 5.91 Å². The van der Waals surface area contributed by atoms with E-state index in [1.54, 1.807) is 17.0 Å². The van der Waals surface area contributed by atoms with Gasteiger partial charge in [-0.1, -0.05) is 11.6 Å².